The summed E-state index contributed by atoms with van der Waals surface area (Å²) in [6.45, 7) is 18.0. The van der Waals surface area contributed by atoms with Gasteiger partial charge in [-0.3, -0.25) is 0 Å². The molecule has 0 bridgehead atoms. The Morgan fingerprint density at radius 2 is 1.40 bits per heavy atom. The van der Waals surface area contributed by atoms with Gasteiger partial charge in [0, 0.05) is 22.6 Å². The van der Waals surface area contributed by atoms with Crippen LogP contribution in [-0.4, -0.2) is 32.5 Å². The molecule has 1 aliphatic rings. The monoisotopic (exact) mass is 302 g/mol. The summed E-state index contributed by atoms with van der Waals surface area (Å²) in [5, 5.41) is 9.38. The van der Waals surface area contributed by atoms with Crippen molar-refractivity contribution in [3.63, 3.8) is 0 Å². The van der Waals surface area contributed by atoms with Crippen LogP contribution in [0.4, 0.5) is 0 Å². The van der Waals surface area contributed by atoms with Crippen LogP contribution in [0.3, 0.4) is 0 Å². The van der Waals surface area contributed by atoms with Crippen molar-refractivity contribution < 1.29 is 14.0 Å². The summed E-state index contributed by atoms with van der Waals surface area (Å²) in [5.41, 5.74) is 0. The Kier molecular flexibility index (Phi) is 5.51. The van der Waals surface area contributed by atoms with Crippen molar-refractivity contribution in [3.05, 3.63) is 0 Å². The highest BCUT2D eigenvalue weighted by molar-refractivity contribution is 6.73. The minimum atomic E-state index is -2.42. The standard InChI is InChI=1S/C16H34O3Si/c1-9-13-12(2)14(10-11-17)19-20(18-13,15(3,4)5)16(6,7)8/h12-14,17H,9-11H2,1-8H3/t12-,13-,14-/m1/s1. The first-order valence-corrected chi connectivity index (χ1v) is 9.78. The predicted octanol–water partition coefficient (Wildman–Crippen LogP) is 4.24. The minimum absolute atomic E-state index is 0.00646. The zero-order valence-corrected chi connectivity index (χ0v) is 15.6. The fourth-order valence-electron chi connectivity index (χ4n) is 3.64. The molecule has 0 aromatic carbocycles. The average molecular weight is 303 g/mol. The fourth-order valence-corrected chi connectivity index (χ4v) is 8.93. The first kappa shape index (κ1) is 18.1. The molecule has 0 saturated carbocycles. The molecule has 0 aromatic rings. The smallest absolute Gasteiger partial charge is 0.349 e. The molecule has 0 radical (unpaired) electrons. The third-order valence-corrected chi connectivity index (χ3v) is 9.82. The van der Waals surface area contributed by atoms with Crippen LogP contribution >= 0.6 is 0 Å². The lowest BCUT2D eigenvalue weighted by Gasteiger charge is -2.57. The van der Waals surface area contributed by atoms with E-state index >= 15 is 0 Å². The summed E-state index contributed by atoms with van der Waals surface area (Å²) in [7, 11) is -2.42. The first-order chi connectivity index (χ1) is 9.00. The van der Waals surface area contributed by atoms with Crippen molar-refractivity contribution in [2.75, 3.05) is 6.61 Å². The number of rotatable bonds is 3. The van der Waals surface area contributed by atoms with E-state index in [0.717, 1.165) is 6.42 Å². The molecule has 1 heterocycles. The summed E-state index contributed by atoms with van der Waals surface area (Å²) in [6, 6.07) is 0. The van der Waals surface area contributed by atoms with Gasteiger partial charge in [0.15, 0.2) is 0 Å². The largest absolute Gasteiger partial charge is 0.396 e. The van der Waals surface area contributed by atoms with Crippen molar-refractivity contribution in [2.45, 2.75) is 90.5 Å². The molecule has 0 spiro atoms. The van der Waals surface area contributed by atoms with E-state index in [-0.39, 0.29) is 28.9 Å². The zero-order chi connectivity index (χ0) is 15.8. The van der Waals surface area contributed by atoms with Gasteiger partial charge < -0.3 is 14.0 Å². The number of aliphatic hydroxyl groups excluding tert-OH is 1. The number of hydrogen-bond donors (Lipinski definition) is 1. The van der Waals surface area contributed by atoms with Crippen LogP contribution in [0, 0.1) is 5.92 Å². The summed E-state index contributed by atoms with van der Waals surface area (Å²) in [5.74, 6) is 0.345. The van der Waals surface area contributed by atoms with Crippen LogP contribution in [0.1, 0.15) is 68.2 Å². The second-order valence-corrected chi connectivity index (χ2v) is 12.9. The Labute approximate surface area is 126 Å². The Morgan fingerprint density at radius 3 is 1.75 bits per heavy atom. The maximum absolute atomic E-state index is 9.37. The molecule has 0 unspecified atom stereocenters. The molecule has 120 valence electrons. The molecular weight excluding hydrogens is 268 g/mol. The van der Waals surface area contributed by atoms with Gasteiger partial charge >= 0.3 is 8.56 Å². The number of hydrogen-bond acceptors (Lipinski definition) is 3. The predicted molar refractivity (Wildman–Crippen MR) is 86.1 cm³/mol. The highest BCUT2D eigenvalue weighted by Crippen LogP contribution is 2.56. The van der Waals surface area contributed by atoms with Crippen molar-refractivity contribution >= 4 is 8.56 Å². The van der Waals surface area contributed by atoms with E-state index in [2.05, 4.69) is 55.4 Å². The molecule has 0 aliphatic carbocycles. The van der Waals surface area contributed by atoms with Crippen LogP contribution in [0.15, 0.2) is 0 Å². The molecular formula is C16H34O3Si. The lowest BCUT2D eigenvalue weighted by molar-refractivity contribution is -0.0733. The first-order valence-electron chi connectivity index (χ1n) is 7.96. The molecule has 1 N–H and O–H groups in total. The van der Waals surface area contributed by atoms with Crippen molar-refractivity contribution in [1.29, 1.82) is 0 Å². The quantitative estimate of drug-likeness (QED) is 0.792. The fraction of sp³-hybridized carbons (Fsp3) is 1.00. The van der Waals surface area contributed by atoms with Crippen LogP contribution in [0.25, 0.3) is 0 Å². The van der Waals surface area contributed by atoms with Gasteiger partial charge in [0.25, 0.3) is 0 Å². The van der Waals surface area contributed by atoms with E-state index in [1.165, 1.54) is 0 Å². The maximum Gasteiger partial charge on any atom is 0.349 e. The van der Waals surface area contributed by atoms with Crippen molar-refractivity contribution in [1.82, 2.24) is 0 Å². The lowest BCUT2D eigenvalue weighted by atomic mass is 9.94. The molecule has 20 heavy (non-hydrogen) atoms. The van der Waals surface area contributed by atoms with Crippen LogP contribution < -0.4 is 0 Å². The van der Waals surface area contributed by atoms with Gasteiger partial charge in [-0.25, -0.2) is 0 Å². The average Bonchev–Trinajstić information content (AvgIpc) is 2.29. The minimum Gasteiger partial charge on any atom is -0.396 e. The molecule has 1 rings (SSSR count). The SMILES string of the molecule is CC[C@H]1O[Si](C(C)(C)C)(C(C)(C)C)O[C@H](CCO)[C@@H]1C. The van der Waals surface area contributed by atoms with E-state index in [4.69, 9.17) is 8.85 Å². The molecule has 0 aromatic heterocycles. The third-order valence-electron chi connectivity index (χ3n) is 4.60. The summed E-state index contributed by atoms with van der Waals surface area (Å²) in [6.07, 6.45) is 2.07. The zero-order valence-electron chi connectivity index (χ0n) is 14.6. The van der Waals surface area contributed by atoms with E-state index in [0.29, 0.717) is 12.3 Å². The second kappa shape index (κ2) is 6.07. The normalized spacial score (nSPS) is 31.4. The third kappa shape index (κ3) is 3.13. The Bertz CT molecular complexity index is 303. The van der Waals surface area contributed by atoms with Crippen LogP contribution in [0.2, 0.25) is 10.1 Å². The molecule has 3 atom stereocenters. The molecule has 3 nitrogen and oxygen atoms in total. The molecule has 4 heteroatoms. The van der Waals surface area contributed by atoms with Gasteiger partial charge in [-0.2, -0.15) is 0 Å². The van der Waals surface area contributed by atoms with Gasteiger partial charge in [-0.1, -0.05) is 55.4 Å². The second-order valence-electron chi connectivity index (χ2n) is 8.21. The lowest BCUT2D eigenvalue weighted by Crippen LogP contribution is -2.65. The highest BCUT2D eigenvalue weighted by Gasteiger charge is 2.62. The summed E-state index contributed by atoms with van der Waals surface area (Å²) < 4.78 is 13.3. The van der Waals surface area contributed by atoms with Gasteiger partial charge in [0.2, 0.25) is 0 Å². The Morgan fingerprint density at radius 1 is 0.950 bits per heavy atom. The van der Waals surface area contributed by atoms with Gasteiger partial charge in [0.1, 0.15) is 0 Å². The Hall–Kier alpha value is 0.0969. The molecule has 1 aliphatic heterocycles. The van der Waals surface area contributed by atoms with Crippen LogP contribution in [0.5, 0.6) is 0 Å². The number of aliphatic hydroxyl groups is 1. The highest BCUT2D eigenvalue weighted by atomic mass is 28.4. The van der Waals surface area contributed by atoms with E-state index in [1.807, 2.05) is 0 Å². The summed E-state index contributed by atoms with van der Waals surface area (Å²) in [4.78, 5) is 0. The molecule has 1 saturated heterocycles. The van der Waals surface area contributed by atoms with Crippen molar-refractivity contribution in [2.24, 2.45) is 5.92 Å². The van der Waals surface area contributed by atoms with Crippen molar-refractivity contribution in [3.8, 4) is 0 Å². The van der Waals surface area contributed by atoms with Gasteiger partial charge in [-0.15, -0.1) is 0 Å². The van der Waals surface area contributed by atoms with E-state index < -0.39 is 8.56 Å². The van der Waals surface area contributed by atoms with Gasteiger partial charge in [-0.05, 0) is 12.8 Å². The molecule has 0 amide bonds. The van der Waals surface area contributed by atoms with Gasteiger partial charge in [0.05, 0.1) is 12.2 Å². The van der Waals surface area contributed by atoms with E-state index in [9.17, 15) is 5.11 Å². The topological polar surface area (TPSA) is 38.7 Å². The summed E-state index contributed by atoms with van der Waals surface area (Å²) >= 11 is 0. The van der Waals surface area contributed by atoms with Crippen LogP contribution in [-0.2, 0) is 8.85 Å². The molecule has 1 fully saturated rings. The Balaban J connectivity index is 3.24. The maximum atomic E-state index is 9.37. The van der Waals surface area contributed by atoms with E-state index in [1.54, 1.807) is 0 Å².